The van der Waals surface area contributed by atoms with Gasteiger partial charge in [0.25, 0.3) is 0 Å². The van der Waals surface area contributed by atoms with Crippen LogP contribution >= 0.6 is 11.6 Å². The van der Waals surface area contributed by atoms with E-state index in [1.807, 2.05) is 25.1 Å². The number of halogens is 1. The number of aromatic nitrogens is 1. The Labute approximate surface area is 235 Å². The minimum absolute atomic E-state index is 0.126. The maximum Gasteiger partial charge on any atom is 0.235 e. The second kappa shape index (κ2) is 11.0. The number of nitrogens with one attached hydrogen (secondary N) is 1. The quantitative estimate of drug-likeness (QED) is 0.268. The maximum atomic E-state index is 13.7. The van der Waals surface area contributed by atoms with Crippen LogP contribution in [0, 0.1) is 0 Å². The number of anilines is 1. The predicted octanol–water partition coefficient (Wildman–Crippen LogP) is 6.28. The van der Waals surface area contributed by atoms with Crippen molar-refractivity contribution in [2.24, 2.45) is 0 Å². The molecule has 0 bridgehead atoms. The van der Waals surface area contributed by atoms with Crippen molar-refractivity contribution in [3.63, 3.8) is 0 Å². The molecule has 1 fully saturated rings. The highest BCUT2D eigenvalue weighted by atomic mass is 35.5. The lowest BCUT2D eigenvalue weighted by molar-refractivity contribution is -0.125. The van der Waals surface area contributed by atoms with E-state index >= 15 is 0 Å². The first-order chi connectivity index (χ1) is 19.1. The third kappa shape index (κ3) is 4.79. The fourth-order valence-corrected chi connectivity index (χ4v) is 6.63. The molecule has 0 unspecified atom stereocenters. The summed E-state index contributed by atoms with van der Waals surface area (Å²) in [5.41, 5.74) is 5.05. The summed E-state index contributed by atoms with van der Waals surface area (Å²) < 4.78 is 0. The van der Waals surface area contributed by atoms with Gasteiger partial charge in [-0.1, -0.05) is 66.6 Å². The summed E-state index contributed by atoms with van der Waals surface area (Å²) in [6, 6.07) is 27.0. The molecule has 1 aliphatic carbocycles. The summed E-state index contributed by atoms with van der Waals surface area (Å²) in [5, 5.41) is 4.98. The van der Waals surface area contributed by atoms with E-state index < -0.39 is 5.41 Å². The first kappa shape index (κ1) is 25.8. The molecule has 3 aromatic carbocycles. The minimum Gasteiger partial charge on any atom is -0.355 e. The highest BCUT2D eigenvalue weighted by molar-refractivity contribution is 6.31. The van der Waals surface area contributed by atoms with E-state index in [9.17, 15) is 4.79 Å². The number of pyridine rings is 1. The summed E-state index contributed by atoms with van der Waals surface area (Å²) in [7, 11) is 0. The van der Waals surface area contributed by atoms with Crippen LogP contribution in [-0.4, -0.2) is 55.1 Å². The lowest BCUT2D eigenvalue weighted by Crippen LogP contribution is -2.47. The Kier molecular flexibility index (Phi) is 7.28. The number of rotatable bonds is 8. The number of unbranched alkanes of at least 4 members (excludes halogenated alkanes) is 1. The van der Waals surface area contributed by atoms with Gasteiger partial charge in [-0.3, -0.25) is 9.69 Å². The first-order valence-corrected chi connectivity index (χ1v) is 14.5. The van der Waals surface area contributed by atoms with Crippen LogP contribution in [0.25, 0.3) is 22.0 Å². The first-order valence-electron chi connectivity index (χ1n) is 14.1. The molecule has 200 valence electrons. The number of piperazine rings is 1. The summed E-state index contributed by atoms with van der Waals surface area (Å²) >= 11 is 6.13. The molecule has 1 aliphatic heterocycles. The van der Waals surface area contributed by atoms with Gasteiger partial charge in [0.15, 0.2) is 0 Å². The van der Waals surface area contributed by atoms with E-state index in [2.05, 4.69) is 75.8 Å². The fraction of sp³-hybridized carbons (Fsp3) is 0.333. The molecule has 6 heteroatoms. The summed E-state index contributed by atoms with van der Waals surface area (Å²) in [4.78, 5) is 23.5. The van der Waals surface area contributed by atoms with Crippen molar-refractivity contribution < 1.29 is 4.79 Å². The normalized spacial score (nSPS) is 16.2. The van der Waals surface area contributed by atoms with Crippen LogP contribution in [-0.2, 0) is 10.2 Å². The topological polar surface area (TPSA) is 48.5 Å². The van der Waals surface area contributed by atoms with Crippen LogP contribution in [0.4, 0.5) is 5.82 Å². The van der Waals surface area contributed by atoms with E-state index in [4.69, 9.17) is 16.6 Å². The fourth-order valence-electron chi connectivity index (χ4n) is 6.45. The molecule has 6 rings (SSSR count). The van der Waals surface area contributed by atoms with Crippen LogP contribution in [0.1, 0.15) is 37.3 Å². The number of likely N-dealkylation sites (N-methyl/N-ethyl adjacent to an activating group) is 1. The number of carbonyl (C=O) groups excluding carboxylic acids is 1. The van der Waals surface area contributed by atoms with Gasteiger partial charge < -0.3 is 10.2 Å². The molecule has 5 nitrogen and oxygen atoms in total. The zero-order valence-corrected chi connectivity index (χ0v) is 23.3. The number of hydrogen-bond acceptors (Lipinski definition) is 4. The van der Waals surface area contributed by atoms with Gasteiger partial charge in [0.1, 0.15) is 11.2 Å². The molecule has 1 N–H and O–H groups in total. The Morgan fingerprint density at radius 1 is 0.897 bits per heavy atom. The Bertz CT molecular complexity index is 1450. The lowest BCUT2D eigenvalue weighted by atomic mass is 9.73. The minimum atomic E-state index is -0.617. The molecule has 0 saturated carbocycles. The second-order valence-corrected chi connectivity index (χ2v) is 11.1. The van der Waals surface area contributed by atoms with E-state index in [1.54, 1.807) is 0 Å². The summed E-state index contributed by atoms with van der Waals surface area (Å²) in [5.74, 6) is 1.16. The van der Waals surface area contributed by atoms with Crippen molar-refractivity contribution in [1.29, 1.82) is 0 Å². The Morgan fingerprint density at radius 2 is 1.59 bits per heavy atom. The van der Waals surface area contributed by atoms with E-state index in [0.717, 1.165) is 84.9 Å². The molecule has 1 amide bonds. The van der Waals surface area contributed by atoms with Crippen LogP contribution in [0.3, 0.4) is 0 Å². The Balaban J connectivity index is 1.09. The third-order valence-electron chi connectivity index (χ3n) is 8.40. The molecule has 2 aliphatic rings. The number of nitrogens with zero attached hydrogens (tertiary/aromatic N) is 3. The van der Waals surface area contributed by atoms with Crippen LogP contribution < -0.4 is 10.2 Å². The molecule has 1 saturated heterocycles. The summed E-state index contributed by atoms with van der Waals surface area (Å²) in [6.07, 6.45) is 2.88. The average molecular weight is 539 g/mol. The maximum absolute atomic E-state index is 13.7. The molecule has 0 atom stereocenters. The molecule has 39 heavy (non-hydrogen) atoms. The van der Waals surface area contributed by atoms with Gasteiger partial charge in [-0.15, -0.1) is 0 Å². The van der Waals surface area contributed by atoms with Crippen molar-refractivity contribution >= 4 is 34.2 Å². The van der Waals surface area contributed by atoms with Gasteiger partial charge in [0.2, 0.25) is 5.91 Å². The smallest absolute Gasteiger partial charge is 0.235 e. The zero-order valence-electron chi connectivity index (χ0n) is 22.5. The molecule has 4 aromatic rings. The number of amides is 1. The standard InChI is InChI=1S/C33H35ClN4O/c1-2-35-32(39)33(28-11-5-3-9-26(28)27-10-4-6-12-29(27)33)17-7-8-18-37-19-21-38(22-20-37)31-16-13-24-23-25(34)14-15-30(24)36-31/h3-6,9-16,23H,2,7-8,17-22H2,1H3,(H,35,39). The summed E-state index contributed by atoms with van der Waals surface area (Å²) in [6.45, 7) is 7.66. The molecule has 2 heterocycles. The van der Waals surface area contributed by atoms with Gasteiger partial charge in [0, 0.05) is 43.1 Å². The number of hydrogen-bond donors (Lipinski definition) is 1. The third-order valence-corrected chi connectivity index (χ3v) is 8.63. The predicted molar refractivity (Wildman–Crippen MR) is 161 cm³/mol. The largest absolute Gasteiger partial charge is 0.355 e. The molecule has 0 spiro atoms. The number of benzene rings is 3. The van der Waals surface area contributed by atoms with Crippen molar-refractivity contribution in [2.45, 2.75) is 31.6 Å². The van der Waals surface area contributed by atoms with Crippen molar-refractivity contribution in [3.05, 3.63) is 95.0 Å². The van der Waals surface area contributed by atoms with Gasteiger partial charge in [0.05, 0.1) is 5.52 Å². The number of fused-ring (bicyclic) bond motifs is 4. The lowest BCUT2D eigenvalue weighted by Gasteiger charge is -2.36. The van der Waals surface area contributed by atoms with E-state index in [-0.39, 0.29) is 5.91 Å². The Hall–Kier alpha value is -3.41. The second-order valence-electron chi connectivity index (χ2n) is 10.6. The van der Waals surface area contributed by atoms with E-state index in [1.165, 1.54) is 11.1 Å². The van der Waals surface area contributed by atoms with Gasteiger partial charge >= 0.3 is 0 Å². The van der Waals surface area contributed by atoms with Crippen molar-refractivity contribution in [2.75, 3.05) is 44.2 Å². The van der Waals surface area contributed by atoms with Crippen LogP contribution in [0.15, 0.2) is 78.9 Å². The van der Waals surface area contributed by atoms with E-state index in [0.29, 0.717) is 6.54 Å². The monoisotopic (exact) mass is 538 g/mol. The SMILES string of the molecule is CCNC(=O)C1(CCCCN2CCN(c3ccc4cc(Cl)ccc4n3)CC2)c2ccccc2-c2ccccc21. The van der Waals surface area contributed by atoms with Gasteiger partial charge in [-0.05, 0) is 78.9 Å². The molecule has 0 radical (unpaired) electrons. The highest BCUT2D eigenvalue weighted by Crippen LogP contribution is 2.51. The van der Waals surface area contributed by atoms with Crippen molar-refractivity contribution in [3.8, 4) is 11.1 Å². The average Bonchev–Trinajstić information content (AvgIpc) is 3.26. The highest BCUT2D eigenvalue weighted by Gasteiger charge is 2.48. The van der Waals surface area contributed by atoms with Crippen molar-refractivity contribution in [1.82, 2.24) is 15.2 Å². The zero-order chi connectivity index (χ0) is 26.8. The molecular formula is C33H35ClN4O. The molecular weight excluding hydrogens is 504 g/mol. The van der Waals surface area contributed by atoms with Crippen LogP contribution in [0.2, 0.25) is 5.02 Å². The Morgan fingerprint density at radius 3 is 2.28 bits per heavy atom. The van der Waals surface area contributed by atoms with Gasteiger partial charge in [-0.25, -0.2) is 4.98 Å². The molecule has 1 aromatic heterocycles. The number of carbonyl (C=O) groups is 1. The van der Waals surface area contributed by atoms with Gasteiger partial charge in [-0.2, -0.15) is 0 Å². The van der Waals surface area contributed by atoms with Crippen LogP contribution in [0.5, 0.6) is 0 Å².